The molecule has 41 heavy (non-hydrogen) atoms. The summed E-state index contributed by atoms with van der Waals surface area (Å²) in [7, 11) is 0. The maximum absolute atomic E-state index is 13.4. The molecule has 6 aromatic rings. The monoisotopic (exact) mass is 562 g/mol. The Balaban J connectivity index is 1.38. The Labute approximate surface area is 241 Å². The van der Waals surface area contributed by atoms with Gasteiger partial charge in [0.05, 0.1) is 22.8 Å². The molecule has 0 saturated carbocycles. The van der Waals surface area contributed by atoms with Crippen molar-refractivity contribution in [3.05, 3.63) is 119 Å². The topological polar surface area (TPSA) is 117 Å². The van der Waals surface area contributed by atoms with Gasteiger partial charge in [-0.25, -0.2) is 9.97 Å². The van der Waals surface area contributed by atoms with E-state index >= 15 is 0 Å². The van der Waals surface area contributed by atoms with E-state index in [1.165, 1.54) is 5.56 Å². The van der Waals surface area contributed by atoms with E-state index in [4.69, 9.17) is 17.3 Å². The summed E-state index contributed by atoms with van der Waals surface area (Å²) in [5.74, 6) is -0.0513. The van der Waals surface area contributed by atoms with Crippen LogP contribution in [-0.4, -0.2) is 35.2 Å². The van der Waals surface area contributed by atoms with Crippen molar-refractivity contribution < 1.29 is 4.79 Å². The number of nitrogens with two attached hydrogens (primary N) is 1. The van der Waals surface area contributed by atoms with Crippen LogP contribution in [0.2, 0.25) is 5.02 Å². The highest BCUT2D eigenvalue weighted by molar-refractivity contribution is 6.34. The Hall–Kier alpha value is -5.02. The van der Waals surface area contributed by atoms with Crippen LogP contribution in [0.3, 0.4) is 0 Å². The van der Waals surface area contributed by atoms with Crippen LogP contribution in [-0.2, 0) is 19.5 Å². The van der Waals surface area contributed by atoms with Gasteiger partial charge >= 0.3 is 0 Å². The van der Waals surface area contributed by atoms with Crippen molar-refractivity contribution >= 4 is 34.4 Å². The van der Waals surface area contributed by atoms with Gasteiger partial charge in [-0.15, -0.1) is 10.2 Å². The molecule has 0 atom stereocenters. The number of aromatic nitrogens is 6. The van der Waals surface area contributed by atoms with E-state index < -0.39 is 0 Å². The molecule has 3 heterocycles. The summed E-state index contributed by atoms with van der Waals surface area (Å²) in [4.78, 5) is 21.9. The number of carbonyl (C=O) groups excluding carboxylic acids is 1. The first kappa shape index (κ1) is 26.2. The van der Waals surface area contributed by atoms with E-state index in [-0.39, 0.29) is 18.5 Å². The highest BCUT2D eigenvalue weighted by Crippen LogP contribution is 2.36. The fraction of sp³-hybridized carbons (Fsp3) is 0.129. The first-order chi connectivity index (χ1) is 20.0. The number of hydrogen-bond acceptors (Lipinski definition) is 6. The summed E-state index contributed by atoms with van der Waals surface area (Å²) in [6, 6.07) is 21.9. The molecular weight excluding hydrogens is 536 g/mol. The largest absolute Gasteiger partial charge is 0.368 e. The standard InChI is InChI=1S/C31H27ClN8O/c1-20-7-11-27-25(13-20)29(22-15-34-31(33)35-16-22)28(12-8-21-5-3-2-4-6-21)40(27)17-36-30(41)24-10-9-23(14-26(24)32)39-18-37-38-19-39/h2-7,9-11,13-16,18-19H,8,12,17H2,1H3,(H,36,41)(H2,33,34,35). The van der Waals surface area contributed by atoms with E-state index in [0.717, 1.165) is 51.8 Å². The van der Waals surface area contributed by atoms with Crippen molar-refractivity contribution in [2.75, 3.05) is 5.73 Å². The molecule has 0 fully saturated rings. The zero-order valence-electron chi connectivity index (χ0n) is 22.3. The van der Waals surface area contributed by atoms with E-state index in [1.54, 1.807) is 41.7 Å². The molecule has 1 amide bonds. The van der Waals surface area contributed by atoms with Gasteiger partial charge in [-0.1, -0.05) is 53.6 Å². The molecule has 0 radical (unpaired) electrons. The lowest BCUT2D eigenvalue weighted by Crippen LogP contribution is -2.27. The van der Waals surface area contributed by atoms with Crippen molar-refractivity contribution in [3.8, 4) is 16.8 Å². The lowest BCUT2D eigenvalue weighted by atomic mass is 9.99. The van der Waals surface area contributed by atoms with Gasteiger partial charge in [0.25, 0.3) is 5.91 Å². The summed E-state index contributed by atoms with van der Waals surface area (Å²) in [6.07, 6.45) is 8.22. The number of anilines is 1. The molecule has 0 aliphatic rings. The van der Waals surface area contributed by atoms with E-state index in [2.05, 4.69) is 67.3 Å². The maximum Gasteiger partial charge on any atom is 0.254 e. The van der Waals surface area contributed by atoms with Gasteiger partial charge in [-0.2, -0.15) is 0 Å². The molecule has 0 saturated heterocycles. The van der Waals surface area contributed by atoms with Crippen molar-refractivity contribution in [2.45, 2.75) is 26.4 Å². The summed E-state index contributed by atoms with van der Waals surface area (Å²) in [5, 5.41) is 12.1. The summed E-state index contributed by atoms with van der Waals surface area (Å²) < 4.78 is 3.88. The number of aryl methyl sites for hydroxylation is 2. The Bertz CT molecular complexity index is 1830. The van der Waals surface area contributed by atoms with Crippen molar-refractivity contribution in [3.63, 3.8) is 0 Å². The van der Waals surface area contributed by atoms with E-state index in [0.29, 0.717) is 10.6 Å². The van der Waals surface area contributed by atoms with Crippen molar-refractivity contribution in [1.82, 2.24) is 34.6 Å². The number of nitrogens with one attached hydrogen (secondary N) is 1. The third kappa shape index (κ3) is 5.39. The van der Waals surface area contributed by atoms with Gasteiger partial charge in [-0.3, -0.25) is 9.36 Å². The molecule has 3 aromatic heterocycles. The molecular formula is C31H27ClN8O. The third-order valence-corrected chi connectivity index (χ3v) is 7.41. The SMILES string of the molecule is Cc1ccc2c(c1)c(-c1cnc(N)nc1)c(CCc1ccccc1)n2CNC(=O)c1ccc(-n2cnnc2)cc1Cl. The van der Waals surface area contributed by atoms with Crippen LogP contribution in [0, 0.1) is 6.92 Å². The molecule has 204 valence electrons. The second kappa shape index (κ2) is 11.2. The number of amides is 1. The summed E-state index contributed by atoms with van der Waals surface area (Å²) >= 11 is 6.54. The van der Waals surface area contributed by atoms with E-state index in [9.17, 15) is 4.79 Å². The van der Waals surface area contributed by atoms with Gasteiger partial charge in [0, 0.05) is 40.3 Å². The third-order valence-electron chi connectivity index (χ3n) is 7.09. The lowest BCUT2D eigenvalue weighted by Gasteiger charge is -2.15. The number of nitrogen functional groups attached to an aromatic ring is 1. The predicted molar refractivity (Wildman–Crippen MR) is 160 cm³/mol. The first-order valence-corrected chi connectivity index (χ1v) is 13.5. The Morgan fingerprint density at radius 3 is 2.44 bits per heavy atom. The Morgan fingerprint density at radius 1 is 0.951 bits per heavy atom. The maximum atomic E-state index is 13.4. The molecule has 3 N–H and O–H groups in total. The average Bonchev–Trinajstić information content (AvgIpc) is 3.62. The van der Waals surface area contributed by atoms with Crippen LogP contribution < -0.4 is 11.1 Å². The summed E-state index contributed by atoms with van der Waals surface area (Å²) in [5.41, 5.74) is 13.3. The Morgan fingerprint density at radius 2 is 1.71 bits per heavy atom. The highest BCUT2D eigenvalue weighted by atomic mass is 35.5. The number of halogens is 1. The average molecular weight is 563 g/mol. The zero-order valence-corrected chi connectivity index (χ0v) is 23.1. The number of hydrogen-bond donors (Lipinski definition) is 2. The quantitative estimate of drug-likeness (QED) is 0.257. The minimum atomic E-state index is -0.273. The van der Waals surface area contributed by atoms with Gasteiger partial charge in [-0.05, 0) is 55.7 Å². The molecule has 9 nitrogen and oxygen atoms in total. The van der Waals surface area contributed by atoms with Gasteiger partial charge in [0.2, 0.25) is 5.95 Å². The number of fused-ring (bicyclic) bond motifs is 1. The molecule has 0 spiro atoms. The molecule has 0 unspecified atom stereocenters. The number of benzene rings is 3. The van der Waals surface area contributed by atoms with Crippen LogP contribution in [0.1, 0.15) is 27.2 Å². The van der Waals surface area contributed by atoms with E-state index in [1.807, 2.05) is 24.3 Å². The minimum Gasteiger partial charge on any atom is -0.368 e. The fourth-order valence-corrected chi connectivity index (χ4v) is 5.35. The molecule has 6 rings (SSSR count). The van der Waals surface area contributed by atoms with Gasteiger partial charge < -0.3 is 15.6 Å². The molecule has 10 heteroatoms. The number of rotatable bonds is 8. The van der Waals surface area contributed by atoms with Crippen LogP contribution >= 0.6 is 11.6 Å². The van der Waals surface area contributed by atoms with Crippen LogP contribution in [0.15, 0.2) is 91.8 Å². The van der Waals surface area contributed by atoms with Gasteiger partial charge in [0.15, 0.2) is 0 Å². The molecule has 0 bridgehead atoms. The highest BCUT2D eigenvalue weighted by Gasteiger charge is 2.21. The van der Waals surface area contributed by atoms with Crippen molar-refractivity contribution in [2.24, 2.45) is 0 Å². The summed E-state index contributed by atoms with van der Waals surface area (Å²) in [6.45, 7) is 2.32. The molecule has 3 aromatic carbocycles. The van der Waals surface area contributed by atoms with Crippen LogP contribution in [0.4, 0.5) is 5.95 Å². The number of carbonyl (C=O) groups is 1. The smallest absolute Gasteiger partial charge is 0.254 e. The normalized spacial score (nSPS) is 11.2. The zero-order chi connectivity index (χ0) is 28.3. The van der Waals surface area contributed by atoms with Gasteiger partial charge in [0.1, 0.15) is 12.7 Å². The number of nitrogens with zero attached hydrogens (tertiary/aromatic N) is 6. The van der Waals surface area contributed by atoms with Crippen LogP contribution in [0.25, 0.3) is 27.7 Å². The lowest BCUT2D eigenvalue weighted by molar-refractivity contribution is 0.0942. The second-order valence-electron chi connectivity index (χ2n) is 9.78. The predicted octanol–water partition coefficient (Wildman–Crippen LogP) is 5.40. The molecule has 0 aliphatic heterocycles. The fourth-order valence-electron chi connectivity index (χ4n) is 5.09. The minimum absolute atomic E-state index is 0.221. The molecule has 0 aliphatic carbocycles. The first-order valence-electron chi connectivity index (χ1n) is 13.1. The Kier molecular flexibility index (Phi) is 7.18. The van der Waals surface area contributed by atoms with Crippen LogP contribution in [0.5, 0.6) is 0 Å². The van der Waals surface area contributed by atoms with Crippen molar-refractivity contribution in [1.29, 1.82) is 0 Å². The second-order valence-corrected chi connectivity index (χ2v) is 10.2.